The second-order valence-corrected chi connectivity index (χ2v) is 4.94. The molecule has 0 radical (unpaired) electrons. The van der Waals surface area contributed by atoms with E-state index in [0.717, 1.165) is 12.1 Å². The fourth-order valence-electron chi connectivity index (χ4n) is 2.01. The van der Waals surface area contributed by atoms with Gasteiger partial charge in [0.2, 0.25) is 0 Å². The molecule has 0 bridgehead atoms. The smallest absolute Gasteiger partial charge is 0.380 e. The van der Waals surface area contributed by atoms with Crippen LogP contribution < -0.4 is 11.1 Å². The van der Waals surface area contributed by atoms with E-state index in [1.54, 1.807) is 18.3 Å². The largest absolute Gasteiger partial charge is 0.433 e. The van der Waals surface area contributed by atoms with Gasteiger partial charge in [-0.25, -0.2) is 9.67 Å². The topological polar surface area (TPSA) is 98.7 Å². The molecule has 0 fully saturated rings. The molecule has 7 nitrogen and oxygen atoms in total. The zero-order valence-electron chi connectivity index (χ0n) is 12.5. The molecule has 3 rings (SSSR count). The Kier molecular flexibility index (Phi) is 4.09. The third-order valence-corrected chi connectivity index (χ3v) is 3.17. The van der Waals surface area contributed by atoms with E-state index in [1.807, 2.05) is 0 Å². The van der Waals surface area contributed by atoms with Crippen LogP contribution in [-0.4, -0.2) is 25.7 Å². The molecule has 0 spiro atoms. The first-order valence-electron chi connectivity index (χ1n) is 6.96. The fraction of sp³-hybridized carbons (Fsp3) is 0.0667. The summed E-state index contributed by atoms with van der Waals surface area (Å²) in [6, 6.07) is 6.47. The molecule has 1 amide bonds. The van der Waals surface area contributed by atoms with Crippen molar-refractivity contribution >= 4 is 17.4 Å². The summed E-state index contributed by atoms with van der Waals surface area (Å²) in [6.45, 7) is 0. The number of anilines is 2. The van der Waals surface area contributed by atoms with Gasteiger partial charge in [-0.05, 0) is 24.3 Å². The summed E-state index contributed by atoms with van der Waals surface area (Å²) < 4.78 is 39.4. The van der Waals surface area contributed by atoms with Crippen LogP contribution in [0, 0.1) is 0 Å². The van der Waals surface area contributed by atoms with E-state index in [-0.39, 0.29) is 17.2 Å². The molecule has 3 N–H and O–H groups in total. The van der Waals surface area contributed by atoms with Gasteiger partial charge in [-0.1, -0.05) is 6.07 Å². The minimum atomic E-state index is -4.64. The van der Waals surface area contributed by atoms with Crippen LogP contribution in [0.2, 0.25) is 0 Å². The molecule has 3 aromatic heterocycles. The Morgan fingerprint density at radius 3 is 2.68 bits per heavy atom. The molecule has 0 unspecified atom stereocenters. The van der Waals surface area contributed by atoms with Crippen molar-refractivity contribution in [1.82, 2.24) is 19.7 Å². The molecule has 0 aromatic carbocycles. The van der Waals surface area contributed by atoms with Crippen molar-refractivity contribution < 1.29 is 18.0 Å². The van der Waals surface area contributed by atoms with Gasteiger partial charge >= 0.3 is 6.18 Å². The molecule has 25 heavy (non-hydrogen) atoms. The lowest BCUT2D eigenvalue weighted by atomic mass is 10.3. The zero-order chi connectivity index (χ0) is 18.0. The molecule has 3 heterocycles. The van der Waals surface area contributed by atoms with Crippen LogP contribution in [0.3, 0.4) is 0 Å². The molecular weight excluding hydrogens is 337 g/mol. The summed E-state index contributed by atoms with van der Waals surface area (Å²) in [5.74, 6) is -0.826. The maximum absolute atomic E-state index is 12.7. The molecule has 0 aliphatic carbocycles. The van der Waals surface area contributed by atoms with Gasteiger partial charge in [0.05, 0.1) is 18.1 Å². The molecule has 0 atom stereocenters. The molecule has 3 aromatic rings. The number of nitrogen functional groups attached to an aromatic ring is 1. The van der Waals surface area contributed by atoms with Crippen molar-refractivity contribution in [1.29, 1.82) is 0 Å². The summed E-state index contributed by atoms with van der Waals surface area (Å²) in [7, 11) is 0. The van der Waals surface area contributed by atoms with E-state index < -0.39 is 17.8 Å². The van der Waals surface area contributed by atoms with Crippen LogP contribution in [0.4, 0.5) is 24.7 Å². The van der Waals surface area contributed by atoms with Crippen LogP contribution >= 0.6 is 0 Å². The van der Waals surface area contributed by atoms with E-state index >= 15 is 0 Å². The number of nitrogens with two attached hydrogens (primary N) is 1. The van der Waals surface area contributed by atoms with Crippen LogP contribution in [-0.2, 0) is 6.18 Å². The van der Waals surface area contributed by atoms with Crippen LogP contribution in [0.15, 0.2) is 48.9 Å². The van der Waals surface area contributed by atoms with Crippen molar-refractivity contribution in [3.05, 3.63) is 60.3 Å². The zero-order valence-corrected chi connectivity index (χ0v) is 12.5. The number of halogens is 3. The number of carbonyl (C=O) groups excluding carboxylic acids is 1. The molecule has 0 saturated carbocycles. The quantitative estimate of drug-likeness (QED) is 0.758. The Hall–Kier alpha value is -3.43. The predicted molar refractivity (Wildman–Crippen MR) is 83.0 cm³/mol. The minimum absolute atomic E-state index is 0.00387. The normalized spacial score (nSPS) is 11.3. The molecule has 128 valence electrons. The van der Waals surface area contributed by atoms with Crippen molar-refractivity contribution in [3.63, 3.8) is 0 Å². The third-order valence-electron chi connectivity index (χ3n) is 3.17. The average Bonchev–Trinajstić information content (AvgIpc) is 2.96. The van der Waals surface area contributed by atoms with Gasteiger partial charge in [-0.2, -0.15) is 13.2 Å². The summed E-state index contributed by atoms with van der Waals surface area (Å²) >= 11 is 0. The summed E-state index contributed by atoms with van der Waals surface area (Å²) in [4.78, 5) is 19.4. The summed E-state index contributed by atoms with van der Waals surface area (Å²) in [5, 5.41) is 6.42. The number of alkyl halides is 3. The second kappa shape index (κ2) is 6.23. The lowest BCUT2D eigenvalue weighted by Crippen LogP contribution is -2.17. The lowest BCUT2D eigenvalue weighted by molar-refractivity contribution is -0.141. The van der Waals surface area contributed by atoms with Gasteiger partial charge in [0, 0.05) is 6.20 Å². The molecular formula is C15H11F3N6O. The van der Waals surface area contributed by atoms with Gasteiger partial charge in [0.1, 0.15) is 17.1 Å². The third kappa shape index (κ3) is 3.57. The van der Waals surface area contributed by atoms with Crippen LogP contribution in [0.25, 0.3) is 5.69 Å². The standard InChI is InChI=1S/C15H11F3N6O/c16-15(17,18)12-5-1-4-10(21-12)14(25)22-11-8-24(23-13(11)19)9-3-2-6-20-7-9/h1-8H,(H2,19,23)(H,22,25). The second-order valence-electron chi connectivity index (χ2n) is 4.94. The van der Waals surface area contributed by atoms with E-state index in [0.29, 0.717) is 5.69 Å². The van der Waals surface area contributed by atoms with E-state index in [2.05, 4.69) is 20.4 Å². The Morgan fingerprint density at radius 1 is 1.20 bits per heavy atom. The van der Waals surface area contributed by atoms with Crippen molar-refractivity contribution in [2.24, 2.45) is 0 Å². The summed E-state index contributed by atoms with van der Waals surface area (Å²) in [5.41, 5.74) is 4.95. The van der Waals surface area contributed by atoms with Crippen LogP contribution in [0.5, 0.6) is 0 Å². The highest BCUT2D eigenvalue weighted by molar-refractivity contribution is 6.04. The first kappa shape index (κ1) is 16.4. The maximum Gasteiger partial charge on any atom is 0.433 e. The number of nitrogens with one attached hydrogen (secondary N) is 1. The Balaban J connectivity index is 1.84. The highest BCUT2D eigenvalue weighted by atomic mass is 19.4. The van der Waals surface area contributed by atoms with E-state index in [9.17, 15) is 18.0 Å². The number of rotatable bonds is 3. The van der Waals surface area contributed by atoms with E-state index in [4.69, 9.17) is 5.73 Å². The molecule has 0 aliphatic heterocycles. The van der Waals surface area contributed by atoms with Gasteiger partial charge < -0.3 is 11.1 Å². The Labute approximate surface area is 139 Å². The molecule has 0 saturated heterocycles. The number of carbonyl (C=O) groups is 1. The average molecular weight is 348 g/mol. The number of hydrogen-bond acceptors (Lipinski definition) is 5. The molecule has 10 heteroatoms. The fourth-order valence-corrected chi connectivity index (χ4v) is 2.01. The Morgan fingerprint density at radius 2 is 2.00 bits per heavy atom. The molecule has 0 aliphatic rings. The summed E-state index contributed by atoms with van der Waals surface area (Å²) in [6.07, 6.45) is -0.0941. The number of amides is 1. The number of pyridine rings is 2. The van der Waals surface area contributed by atoms with E-state index in [1.165, 1.54) is 23.1 Å². The highest BCUT2D eigenvalue weighted by Gasteiger charge is 2.33. The van der Waals surface area contributed by atoms with Crippen molar-refractivity contribution in [3.8, 4) is 5.69 Å². The highest BCUT2D eigenvalue weighted by Crippen LogP contribution is 2.27. The Bertz CT molecular complexity index is 907. The SMILES string of the molecule is Nc1nn(-c2cccnc2)cc1NC(=O)c1cccc(C(F)(F)F)n1. The van der Waals surface area contributed by atoms with Gasteiger partial charge in [0.25, 0.3) is 5.91 Å². The maximum atomic E-state index is 12.7. The van der Waals surface area contributed by atoms with Crippen molar-refractivity contribution in [2.45, 2.75) is 6.18 Å². The number of hydrogen-bond donors (Lipinski definition) is 2. The first-order chi connectivity index (χ1) is 11.8. The van der Waals surface area contributed by atoms with Gasteiger partial charge in [0.15, 0.2) is 5.82 Å². The monoisotopic (exact) mass is 348 g/mol. The van der Waals surface area contributed by atoms with Crippen LogP contribution in [0.1, 0.15) is 16.2 Å². The predicted octanol–water partition coefficient (Wildman–Crippen LogP) is 2.52. The number of aromatic nitrogens is 4. The van der Waals surface area contributed by atoms with Crippen molar-refractivity contribution in [2.75, 3.05) is 11.1 Å². The minimum Gasteiger partial charge on any atom is -0.380 e. The van der Waals surface area contributed by atoms with Gasteiger partial charge in [-0.15, -0.1) is 5.10 Å². The van der Waals surface area contributed by atoms with Gasteiger partial charge in [-0.3, -0.25) is 9.78 Å². The first-order valence-corrected chi connectivity index (χ1v) is 6.96. The lowest BCUT2D eigenvalue weighted by Gasteiger charge is -2.07. The number of nitrogens with zero attached hydrogens (tertiary/aromatic N) is 4.